The summed E-state index contributed by atoms with van der Waals surface area (Å²) in [4.78, 5) is 12.1. The quantitative estimate of drug-likeness (QED) is 0.816. The van der Waals surface area contributed by atoms with E-state index in [1.54, 1.807) is 25.8 Å². The molecule has 0 bridgehead atoms. The van der Waals surface area contributed by atoms with E-state index in [0.717, 1.165) is 27.8 Å². The zero-order chi connectivity index (χ0) is 13.4. The fourth-order valence-electron chi connectivity index (χ4n) is 2.21. The lowest BCUT2D eigenvalue weighted by molar-refractivity contribution is 0.397. The molecule has 0 aliphatic heterocycles. The second-order valence-electron chi connectivity index (χ2n) is 4.34. The average Bonchev–Trinajstić information content (AvgIpc) is 2.41. The Balaban J connectivity index is 3.05. The summed E-state index contributed by atoms with van der Waals surface area (Å²) in [5.74, 6) is 1.40. The van der Waals surface area contributed by atoms with Crippen molar-refractivity contribution >= 4 is 10.9 Å². The third-order valence-electron chi connectivity index (χ3n) is 3.43. The van der Waals surface area contributed by atoms with Crippen molar-refractivity contribution in [3.63, 3.8) is 0 Å². The Bertz CT molecular complexity index is 671. The van der Waals surface area contributed by atoms with Gasteiger partial charge in [-0.1, -0.05) is 0 Å². The number of hydrogen-bond acceptors (Lipinski definition) is 3. The monoisotopic (exact) mass is 247 g/mol. The molecule has 0 spiro atoms. The highest BCUT2D eigenvalue weighted by Gasteiger charge is 2.14. The molecule has 96 valence electrons. The molecule has 4 nitrogen and oxygen atoms in total. The Labute approximate surface area is 106 Å². The number of pyridine rings is 1. The molecular formula is C14H17NO3. The summed E-state index contributed by atoms with van der Waals surface area (Å²) in [6.07, 6.45) is 0. The summed E-state index contributed by atoms with van der Waals surface area (Å²) in [5, 5.41) is 0.956. The van der Waals surface area contributed by atoms with Gasteiger partial charge in [0.15, 0.2) is 0 Å². The van der Waals surface area contributed by atoms with Crippen LogP contribution in [0.1, 0.15) is 11.1 Å². The van der Waals surface area contributed by atoms with Crippen LogP contribution in [0, 0.1) is 13.8 Å². The van der Waals surface area contributed by atoms with Crippen LogP contribution in [0.2, 0.25) is 0 Å². The molecule has 18 heavy (non-hydrogen) atoms. The van der Waals surface area contributed by atoms with Gasteiger partial charge in [0, 0.05) is 30.1 Å². The van der Waals surface area contributed by atoms with Gasteiger partial charge in [-0.2, -0.15) is 0 Å². The molecule has 1 aromatic carbocycles. The Kier molecular flexibility index (Phi) is 3.03. The summed E-state index contributed by atoms with van der Waals surface area (Å²) < 4.78 is 12.3. The van der Waals surface area contributed by atoms with Gasteiger partial charge >= 0.3 is 0 Å². The minimum atomic E-state index is 0.00954. The van der Waals surface area contributed by atoms with Crippen LogP contribution in [0.15, 0.2) is 16.9 Å². The molecule has 0 radical (unpaired) electrons. The van der Waals surface area contributed by atoms with Crippen molar-refractivity contribution in [1.29, 1.82) is 0 Å². The minimum absolute atomic E-state index is 0.00954. The molecule has 0 saturated carbocycles. The number of ether oxygens (including phenoxy) is 2. The van der Waals surface area contributed by atoms with E-state index in [4.69, 9.17) is 9.47 Å². The van der Waals surface area contributed by atoms with Gasteiger partial charge in [0.1, 0.15) is 11.5 Å². The molecule has 0 amide bonds. The number of nitrogens with zero attached hydrogens (tertiary/aromatic N) is 1. The first-order valence-electron chi connectivity index (χ1n) is 5.73. The molecule has 4 heteroatoms. The third-order valence-corrected chi connectivity index (χ3v) is 3.43. The largest absolute Gasteiger partial charge is 0.497 e. The normalized spacial score (nSPS) is 10.7. The van der Waals surface area contributed by atoms with Crippen molar-refractivity contribution in [2.75, 3.05) is 14.2 Å². The lowest BCUT2D eigenvalue weighted by Crippen LogP contribution is -2.21. The fourth-order valence-corrected chi connectivity index (χ4v) is 2.21. The van der Waals surface area contributed by atoms with Gasteiger partial charge < -0.3 is 14.0 Å². The number of benzene rings is 1. The van der Waals surface area contributed by atoms with Gasteiger partial charge in [-0.25, -0.2) is 0 Å². The van der Waals surface area contributed by atoms with Gasteiger partial charge in [-0.05, 0) is 19.4 Å². The fraction of sp³-hybridized carbons (Fsp3) is 0.357. The first-order valence-corrected chi connectivity index (χ1v) is 5.73. The van der Waals surface area contributed by atoms with Crippen LogP contribution in [0.25, 0.3) is 10.9 Å². The Hall–Kier alpha value is -1.97. The molecule has 0 N–H and O–H groups in total. The van der Waals surface area contributed by atoms with Crippen molar-refractivity contribution in [3.05, 3.63) is 33.6 Å². The second kappa shape index (κ2) is 4.37. The van der Waals surface area contributed by atoms with E-state index in [2.05, 4.69) is 0 Å². The van der Waals surface area contributed by atoms with E-state index in [0.29, 0.717) is 5.75 Å². The van der Waals surface area contributed by atoms with Crippen molar-refractivity contribution in [2.45, 2.75) is 13.8 Å². The van der Waals surface area contributed by atoms with Gasteiger partial charge in [0.25, 0.3) is 5.56 Å². The molecule has 0 atom stereocenters. The molecule has 0 saturated heterocycles. The minimum Gasteiger partial charge on any atom is -0.497 e. The van der Waals surface area contributed by atoms with E-state index < -0.39 is 0 Å². The lowest BCUT2D eigenvalue weighted by Gasteiger charge is -2.15. The van der Waals surface area contributed by atoms with E-state index in [1.807, 2.05) is 26.0 Å². The molecule has 0 fully saturated rings. The summed E-state index contributed by atoms with van der Waals surface area (Å²) in [5.41, 5.74) is 2.52. The maximum absolute atomic E-state index is 12.1. The lowest BCUT2D eigenvalue weighted by atomic mass is 10.0. The van der Waals surface area contributed by atoms with Crippen LogP contribution in [0.3, 0.4) is 0 Å². The van der Waals surface area contributed by atoms with Crippen molar-refractivity contribution < 1.29 is 9.47 Å². The molecule has 0 unspecified atom stereocenters. The smallest absolute Gasteiger partial charge is 0.253 e. The van der Waals surface area contributed by atoms with E-state index in [1.165, 1.54) is 0 Å². The van der Waals surface area contributed by atoms with Crippen molar-refractivity contribution in [2.24, 2.45) is 7.05 Å². The maximum atomic E-state index is 12.1. The van der Waals surface area contributed by atoms with Crippen LogP contribution in [-0.2, 0) is 7.05 Å². The molecule has 0 aliphatic carbocycles. The van der Waals surface area contributed by atoms with Crippen molar-refractivity contribution in [1.82, 2.24) is 4.57 Å². The van der Waals surface area contributed by atoms with Crippen LogP contribution in [-0.4, -0.2) is 18.8 Å². The van der Waals surface area contributed by atoms with Crippen LogP contribution < -0.4 is 15.0 Å². The highest BCUT2D eigenvalue weighted by molar-refractivity contribution is 5.90. The van der Waals surface area contributed by atoms with Gasteiger partial charge in [0.05, 0.1) is 19.7 Å². The predicted molar refractivity (Wildman–Crippen MR) is 71.8 cm³/mol. The third kappa shape index (κ3) is 1.65. The van der Waals surface area contributed by atoms with Crippen LogP contribution in [0.4, 0.5) is 0 Å². The van der Waals surface area contributed by atoms with E-state index in [9.17, 15) is 4.79 Å². The Morgan fingerprint density at radius 1 is 1.06 bits per heavy atom. The summed E-state index contributed by atoms with van der Waals surface area (Å²) >= 11 is 0. The first kappa shape index (κ1) is 12.5. The van der Waals surface area contributed by atoms with E-state index in [-0.39, 0.29) is 5.56 Å². The molecule has 1 aromatic heterocycles. The standard InChI is InChI=1S/C14H17NO3/c1-8-9(2)14(16)15(3)11-6-10(17-4)7-12(18-5)13(8)11/h6-7H,1-5H3. The maximum Gasteiger partial charge on any atom is 0.253 e. The number of methoxy groups -OCH3 is 2. The Morgan fingerprint density at radius 3 is 2.28 bits per heavy atom. The van der Waals surface area contributed by atoms with Gasteiger partial charge in [-0.3, -0.25) is 4.79 Å². The Morgan fingerprint density at radius 2 is 1.72 bits per heavy atom. The molecule has 2 aromatic rings. The van der Waals surface area contributed by atoms with Crippen molar-refractivity contribution in [3.8, 4) is 11.5 Å². The average molecular weight is 247 g/mol. The molecule has 0 aliphatic rings. The van der Waals surface area contributed by atoms with Gasteiger partial charge in [-0.15, -0.1) is 0 Å². The highest BCUT2D eigenvalue weighted by Crippen LogP contribution is 2.33. The zero-order valence-electron chi connectivity index (χ0n) is 11.3. The summed E-state index contributed by atoms with van der Waals surface area (Å²) in [6.45, 7) is 3.77. The number of aryl methyl sites for hydroxylation is 2. The number of hydrogen-bond donors (Lipinski definition) is 0. The number of rotatable bonds is 2. The first-order chi connectivity index (χ1) is 8.51. The van der Waals surface area contributed by atoms with Crippen LogP contribution in [0.5, 0.6) is 11.5 Å². The topological polar surface area (TPSA) is 40.5 Å². The summed E-state index contributed by atoms with van der Waals surface area (Å²) in [7, 11) is 4.98. The highest BCUT2D eigenvalue weighted by atomic mass is 16.5. The summed E-state index contributed by atoms with van der Waals surface area (Å²) in [6, 6.07) is 3.69. The predicted octanol–water partition coefficient (Wildman–Crippen LogP) is 2.17. The SMILES string of the molecule is COc1cc(OC)c2c(C)c(C)c(=O)n(C)c2c1. The molecule has 1 heterocycles. The second-order valence-corrected chi connectivity index (χ2v) is 4.34. The van der Waals surface area contributed by atoms with Gasteiger partial charge in [0.2, 0.25) is 0 Å². The molecular weight excluding hydrogens is 230 g/mol. The number of fused-ring (bicyclic) bond motifs is 1. The number of aromatic nitrogens is 1. The van der Waals surface area contributed by atoms with Crippen LogP contribution >= 0.6 is 0 Å². The zero-order valence-corrected chi connectivity index (χ0v) is 11.3. The van der Waals surface area contributed by atoms with E-state index >= 15 is 0 Å². The molecule has 2 rings (SSSR count).